The Balaban J connectivity index is 1.37. The van der Waals surface area contributed by atoms with E-state index in [2.05, 4.69) is 20.2 Å². The Bertz CT molecular complexity index is 807. The first-order valence-electron chi connectivity index (χ1n) is 10.5. The zero-order valence-electron chi connectivity index (χ0n) is 16.1. The molecule has 8 nitrogen and oxygen atoms in total. The molecule has 2 saturated heterocycles. The van der Waals surface area contributed by atoms with Crippen molar-refractivity contribution in [3.63, 3.8) is 0 Å². The summed E-state index contributed by atoms with van der Waals surface area (Å²) < 4.78 is 0. The van der Waals surface area contributed by atoms with Crippen LogP contribution in [0.1, 0.15) is 56.3 Å². The smallest absolute Gasteiger partial charge is 0.245 e. The van der Waals surface area contributed by atoms with Gasteiger partial charge in [-0.3, -0.25) is 14.4 Å². The summed E-state index contributed by atoms with van der Waals surface area (Å²) in [4.78, 5) is 49.3. The average molecular weight is 385 g/mol. The van der Waals surface area contributed by atoms with E-state index in [1.165, 1.54) is 0 Å². The maximum atomic E-state index is 13.2. The van der Waals surface area contributed by atoms with Gasteiger partial charge in [0.1, 0.15) is 6.04 Å². The summed E-state index contributed by atoms with van der Waals surface area (Å²) in [5.41, 5.74) is 1.71. The number of piperidine rings is 1. The van der Waals surface area contributed by atoms with Crippen LogP contribution in [0.5, 0.6) is 0 Å². The molecule has 0 aromatic carbocycles. The van der Waals surface area contributed by atoms with Gasteiger partial charge >= 0.3 is 0 Å². The molecule has 4 heterocycles. The molecular weight excluding hydrogens is 358 g/mol. The van der Waals surface area contributed by atoms with Crippen molar-refractivity contribution in [1.29, 1.82) is 0 Å². The van der Waals surface area contributed by atoms with Crippen molar-refractivity contribution < 1.29 is 14.4 Å². The van der Waals surface area contributed by atoms with Crippen LogP contribution in [0.3, 0.4) is 0 Å². The first-order chi connectivity index (χ1) is 13.6. The molecule has 1 spiro atoms. The number of carbonyl (C=O) groups excluding carboxylic acids is 3. The molecule has 8 heteroatoms. The maximum absolute atomic E-state index is 13.2. The molecule has 150 valence electrons. The van der Waals surface area contributed by atoms with E-state index in [-0.39, 0.29) is 29.7 Å². The number of amides is 3. The lowest BCUT2D eigenvalue weighted by atomic mass is 9.76. The topological polar surface area (TPSA) is 98.4 Å². The van der Waals surface area contributed by atoms with E-state index >= 15 is 0 Å². The highest BCUT2D eigenvalue weighted by molar-refractivity contribution is 5.91. The highest BCUT2D eigenvalue weighted by atomic mass is 16.2. The number of H-pyrrole nitrogens is 1. The second kappa shape index (κ2) is 6.60. The van der Waals surface area contributed by atoms with Crippen molar-refractivity contribution >= 4 is 17.7 Å². The van der Waals surface area contributed by atoms with Crippen LogP contribution in [-0.2, 0) is 26.3 Å². The number of imidazole rings is 1. The molecule has 1 saturated carbocycles. The number of hydrogen-bond acceptors (Lipinski definition) is 4. The first-order valence-corrected chi connectivity index (χ1v) is 10.5. The van der Waals surface area contributed by atoms with Crippen LogP contribution < -0.4 is 5.32 Å². The zero-order valence-corrected chi connectivity index (χ0v) is 16.1. The van der Waals surface area contributed by atoms with Crippen molar-refractivity contribution in [3.05, 3.63) is 17.7 Å². The van der Waals surface area contributed by atoms with Gasteiger partial charge in [-0.15, -0.1) is 0 Å². The lowest BCUT2D eigenvalue weighted by Crippen LogP contribution is -2.61. The number of nitrogens with one attached hydrogen (secondary N) is 2. The quantitative estimate of drug-likeness (QED) is 0.783. The third-order valence-electron chi connectivity index (χ3n) is 7.18. The fourth-order valence-electron chi connectivity index (χ4n) is 5.30. The van der Waals surface area contributed by atoms with Crippen LogP contribution in [0.2, 0.25) is 0 Å². The van der Waals surface area contributed by atoms with Crippen LogP contribution >= 0.6 is 0 Å². The SMILES string of the molecule is O=C1CC[C@@H](C(=O)N2CCC3(CC2)c2nc[nH]c2CCN3C(=O)C2CCC2)N1. The molecule has 28 heavy (non-hydrogen) atoms. The molecule has 3 amide bonds. The van der Waals surface area contributed by atoms with Crippen molar-refractivity contribution in [2.45, 2.75) is 62.9 Å². The Hall–Kier alpha value is -2.38. The minimum absolute atomic E-state index is 0.00984. The predicted molar refractivity (Wildman–Crippen MR) is 100 cm³/mol. The summed E-state index contributed by atoms with van der Waals surface area (Å²) in [6.07, 6.45) is 8.08. The summed E-state index contributed by atoms with van der Waals surface area (Å²) in [5.74, 6) is 0.390. The van der Waals surface area contributed by atoms with E-state index in [0.29, 0.717) is 38.8 Å². The molecule has 1 aliphatic carbocycles. The summed E-state index contributed by atoms with van der Waals surface area (Å²) >= 11 is 0. The molecule has 1 aromatic heterocycles. The van der Waals surface area contributed by atoms with Crippen molar-refractivity contribution in [2.24, 2.45) is 5.92 Å². The van der Waals surface area contributed by atoms with Crippen molar-refractivity contribution in [1.82, 2.24) is 25.1 Å². The number of fused-ring (bicyclic) bond motifs is 2. The summed E-state index contributed by atoms with van der Waals surface area (Å²) in [5, 5.41) is 2.78. The summed E-state index contributed by atoms with van der Waals surface area (Å²) in [6, 6.07) is -0.387. The standard InChI is InChI=1S/C20H27N5O3/c26-16-5-4-15(23-16)19(28)24-10-7-20(8-11-24)17-14(21-12-22-17)6-9-25(20)18(27)13-2-1-3-13/h12-13,15H,1-11H2,(H,21,22)(H,23,26)/t15-/m0/s1. The maximum Gasteiger partial charge on any atom is 0.245 e. The highest BCUT2D eigenvalue weighted by Crippen LogP contribution is 2.44. The van der Waals surface area contributed by atoms with E-state index in [9.17, 15) is 14.4 Å². The number of nitrogens with zero attached hydrogens (tertiary/aromatic N) is 3. The van der Waals surface area contributed by atoms with Gasteiger partial charge in [0.15, 0.2) is 0 Å². The Morgan fingerprint density at radius 1 is 1.07 bits per heavy atom. The molecule has 0 bridgehead atoms. The van der Waals surface area contributed by atoms with Gasteiger partial charge in [0, 0.05) is 44.1 Å². The molecule has 1 atom stereocenters. The number of hydrogen-bond donors (Lipinski definition) is 2. The second-order valence-electron chi connectivity index (χ2n) is 8.61. The Labute approximate surface area is 164 Å². The predicted octanol–water partition coefficient (Wildman–Crippen LogP) is 0.691. The molecule has 3 aliphatic heterocycles. The zero-order chi connectivity index (χ0) is 19.3. The van der Waals surface area contributed by atoms with Gasteiger partial charge in [-0.2, -0.15) is 0 Å². The van der Waals surface area contributed by atoms with Gasteiger partial charge in [0.2, 0.25) is 17.7 Å². The van der Waals surface area contributed by atoms with Crippen molar-refractivity contribution in [3.8, 4) is 0 Å². The first kappa shape index (κ1) is 17.7. The molecule has 3 fully saturated rings. The van der Waals surface area contributed by atoms with Gasteiger partial charge < -0.3 is 20.1 Å². The molecule has 0 radical (unpaired) electrons. The molecule has 1 aromatic rings. The normalized spacial score (nSPS) is 26.7. The minimum Gasteiger partial charge on any atom is -0.348 e. The Morgan fingerprint density at radius 3 is 2.50 bits per heavy atom. The largest absolute Gasteiger partial charge is 0.348 e. The van der Waals surface area contributed by atoms with Crippen LogP contribution in [0.4, 0.5) is 0 Å². The fraction of sp³-hybridized carbons (Fsp3) is 0.700. The van der Waals surface area contributed by atoms with E-state index in [4.69, 9.17) is 0 Å². The molecular formula is C20H27N5O3. The molecule has 5 rings (SSSR count). The van der Waals surface area contributed by atoms with Gasteiger partial charge in [-0.05, 0) is 32.1 Å². The van der Waals surface area contributed by atoms with E-state index in [0.717, 1.165) is 43.6 Å². The third kappa shape index (κ3) is 2.64. The van der Waals surface area contributed by atoms with Gasteiger partial charge in [0.05, 0.1) is 17.6 Å². The molecule has 4 aliphatic rings. The third-order valence-corrected chi connectivity index (χ3v) is 7.18. The van der Waals surface area contributed by atoms with E-state index in [1.54, 1.807) is 6.33 Å². The van der Waals surface area contributed by atoms with Crippen LogP contribution in [0, 0.1) is 5.92 Å². The van der Waals surface area contributed by atoms with Crippen LogP contribution in [0.25, 0.3) is 0 Å². The van der Waals surface area contributed by atoms with Gasteiger partial charge in [-0.25, -0.2) is 4.98 Å². The number of aromatic amines is 1. The number of likely N-dealkylation sites (tertiary alicyclic amines) is 1. The lowest BCUT2D eigenvalue weighted by molar-refractivity contribution is -0.151. The summed E-state index contributed by atoms with van der Waals surface area (Å²) in [7, 11) is 0. The number of rotatable bonds is 2. The minimum atomic E-state index is -0.407. The number of aromatic nitrogens is 2. The highest BCUT2D eigenvalue weighted by Gasteiger charge is 2.51. The molecule has 2 N–H and O–H groups in total. The molecule has 0 unspecified atom stereocenters. The monoisotopic (exact) mass is 385 g/mol. The van der Waals surface area contributed by atoms with Crippen LogP contribution in [-0.4, -0.2) is 63.2 Å². The fourth-order valence-corrected chi connectivity index (χ4v) is 5.30. The van der Waals surface area contributed by atoms with Gasteiger partial charge in [-0.1, -0.05) is 6.42 Å². The summed E-state index contributed by atoms with van der Waals surface area (Å²) in [6.45, 7) is 1.90. The second-order valence-corrected chi connectivity index (χ2v) is 8.61. The Morgan fingerprint density at radius 2 is 1.86 bits per heavy atom. The Kier molecular flexibility index (Phi) is 4.17. The van der Waals surface area contributed by atoms with E-state index < -0.39 is 5.54 Å². The van der Waals surface area contributed by atoms with Crippen LogP contribution in [0.15, 0.2) is 6.33 Å². The lowest BCUT2D eigenvalue weighted by Gasteiger charge is -2.52. The number of carbonyl (C=O) groups is 3. The van der Waals surface area contributed by atoms with Gasteiger partial charge in [0.25, 0.3) is 0 Å². The van der Waals surface area contributed by atoms with Crippen molar-refractivity contribution in [2.75, 3.05) is 19.6 Å². The average Bonchev–Trinajstić information content (AvgIpc) is 3.30. The van der Waals surface area contributed by atoms with E-state index in [1.807, 2.05) is 4.90 Å².